The van der Waals surface area contributed by atoms with Gasteiger partial charge in [0, 0.05) is 17.3 Å². The predicted octanol–water partition coefficient (Wildman–Crippen LogP) is 4.32. The number of nitrogens with zero attached hydrogens (tertiary/aromatic N) is 2. The molecule has 0 aliphatic carbocycles. The third kappa shape index (κ3) is 4.86. The van der Waals surface area contributed by atoms with Crippen LogP contribution < -0.4 is 5.32 Å². The van der Waals surface area contributed by atoms with Crippen molar-refractivity contribution in [2.24, 2.45) is 10.9 Å². The molecule has 30 heavy (non-hydrogen) atoms. The first-order valence-electron chi connectivity index (χ1n) is 9.57. The Kier molecular flexibility index (Phi) is 6.84. The minimum Gasteiger partial charge on any atom is -0.481 e. The summed E-state index contributed by atoms with van der Waals surface area (Å²) in [5.74, 6) is -2.33. The molecule has 7 nitrogen and oxygen atoms in total. The smallest absolute Gasteiger partial charge is 0.352 e. The Bertz CT molecular complexity index is 977. The summed E-state index contributed by atoms with van der Waals surface area (Å²) in [6.45, 7) is 1.81. The monoisotopic (exact) mass is 427 g/mol. The molecule has 0 aromatic heterocycles. The number of rotatable bonds is 6. The molecule has 0 saturated heterocycles. The van der Waals surface area contributed by atoms with Crippen molar-refractivity contribution < 1.29 is 19.5 Å². The van der Waals surface area contributed by atoms with Crippen molar-refractivity contribution in [3.63, 3.8) is 0 Å². The summed E-state index contributed by atoms with van der Waals surface area (Å²) in [4.78, 5) is 42.1. The fraction of sp³-hybridized carbons (Fsp3) is 0.273. The molecule has 0 fully saturated rings. The average molecular weight is 428 g/mol. The highest BCUT2D eigenvalue weighted by Crippen LogP contribution is 2.35. The number of amides is 4. The zero-order chi connectivity index (χ0) is 21.7. The van der Waals surface area contributed by atoms with Crippen LogP contribution in [0.15, 0.2) is 59.6 Å². The van der Waals surface area contributed by atoms with Crippen LogP contribution in [0.1, 0.15) is 30.5 Å². The van der Waals surface area contributed by atoms with Gasteiger partial charge in [-0.3, -0.25) is 4.79 Å². The molecule has 0 saturated carbocycles. The van der Waals surface area contributed by atoms with Gasteiger partial charge >= 0.3 is 18.0 Å². The molecule has 1 aliphatic heterocycles. The SMILES string of the molecule is CC1=NC(=O)N(C(=O)NCCCc2ccccc2)C(c2cccc(Cl)c2)C1C(=O)O. The average Bonchev–Trinajstić information content (AvgIpc) is 2.71. The molecule has 1 aliphatic rings. The van der Waals surface area contributed by atoms with Crippen LogP contribution in [0.2, 0.25) is 5.02 Å². The first-order valence-corrected chi connectivity index (χ1v) is 9.94. The van der Waals surface area contributed by atoms with Crippen LogP contribution in [0.5, 0.6) is 0 Å². The summed E-state index contributed by atoms with van der Waals surface area (Å²) in [7, 11) is 0. The lowest BCUT2D eigenvalue weighted by atomic mass is 9.87. The summed E-state index contributed by atoms with van der Waals surface area (Å²) in [6.07, 6.45) is 1.44. The Balaban J connectivity index is 1.79. The van der Waals surface area contributed by atoms with Crippen LogP contribution in [-0.2, 0) is 11.2 Å². The normalized spacial score (nSPS) is 18.7. The highest BCUT2D eigenvalue weighted by atomic mass is 35.5. The fourth-order valence-corrected chi connectivity index (χ4v) is 3.75. The number of carboxylic acids is 1. The van der Waals surface area contributed by atoms with Crippen molar-refractivity contribution in [2.45, 2.75) is 25.8 Å². The van der Waals surface area contributed by atoms with E-state index in [1.54, 1.807) is 24.3 Å². The van der Waals surface area contributed by atoms with Gasteiger partial charge in [0.15, 0.2) is 0 Å². The molecule has 2 atom stereocenters. The van der Waals surface area contributed by atoms with Gasteiger partial charge in [0.2, 0.25) is 0 Å². The number of imide groups is 1. The van der Waals surface area contributed by atoms with Crippen molar-refractivity contribution >= 4 is 35.3 Å². The number of carbonyl (C=O) groups excluding carboxylic acids is 2. The number of aryl methyl sites for hydroxylation is 1. The van der Waals surface area contributed by atoms with E-state index in [-0.39, 0.29) is 5.71 Å². The Labute approximate surface area is 179 Å². The molecule has 156 valence electrons. The largest absolute Gasteiger partial charge is 0.481 e. The summed E-state index contributed by atoms with van der Waals surface area (Å²) < 4.78 is 0. The number of hydrogen-bond donors (Lipinski definition) is 2. The number of benzene rings is 2. The molecule has 2 aromatic rings. The highest BCUT2D eigenvalue weighted by Gasteiger charge is 2.45. The topological polar surface area (TPSA) is 99.1 Å². The van der Waals surface area contributed by atoms with Gasteiger partial charge in [0.05, 0.1) is 6.04 Å². The van der Waals surface area contributed by atoms with E-state index in [0.29, 0.717) is 23.6 Å². The van der Waals surface area contributed by atoms with Gasteiger partial charge < -0.3 is 10.4 Å². The Morgan fingerprint density at radius 3 is 2.57 bits per heavy atom. The maximum atomic E-state index is 12.9. The zero-order valence-electron chi connectivity index (χ0n) is 16.4. The standard InChI is InChI=1S/C22H22ClN3O4/c1-14-18(20(27)28)19(16-10-5-11-17(23)13-16)26(22(30)25-14)21(29)24-12-6-9-15-7-3-2-4-8-15/h2-5,7-8,10-11,13,18-19H,6,9,12H2,1H3,(H,24,29)(H,27,28). The van der Waals surface area contributed by atoms with Crippen molar-refractivity contribution in [1.82, 2.24) is 10.2 Å². The van der Waals surface area contributed by atoms with E-state index in [0.717, 1.165) is 16.9 Å². The van der Waals surface area contributed by atoms with E-state index >= 15 is 0 Å². The van der Waals surface area contributed by atoms with E-state index in [4.69, 9.17) is 11.6 Å². The molecule has 3 rings (SSSR count). The Hall–Kier alpha value is -3.19. The summed E-state index contributed by atoms with van der Waals surface area (Å²) in [6, 6.07) is 13.8. The maximum absolute atomic E-state index is 12.9. The lowest BCUT2D eigenvalue weighted by molar-refractivity contribution is -0.140. The van der Waals surface area contributed by atoms with Gasteiger partial charge in [0.1, 0.15) is 5.92 Å². The van der Waals surface area contributed by atoms with Crippen LogP contribution in [-0.4, -0.2) is 40.3 Å². The van der Waals surface area contributed by atoms with E-state index in [1.807, 2.05) is 30.3 Å². The van der Waals surface area contributed by atoms with Gasteiger partial charge in [-0.2, -0.15) is 0 Å². The number of hydrogen-bond acceptors (Lipinski definition) is 3. The molecular weight excluding hydrogens is 406 g/mol. The molecule has 0 bridgehead atoms. The fourth-order valence-electron chi connectivity index (χ4n) is 3.55. The van der Waals surface area contributed by atoms with Crippen LogP contribution in [0.3, 0.4) is 0 Å². The number of nitrogens with one attached hydrogen (secondary N) is 1. The Morgan fingerprint density at radius 2 is 1.90 bits per heavy atom. The molecule has 2 unspecified atom stereocenters. The molecule has 4 amide bonds. The van der Waals surface area contributed by atoms with Crippen molar-refractivity contribution in [1.29, 1.82) is 0 Å². The zero-order valence-corrected chi connectivity index (χ0v) is 17.2. The van der Waals surface area contributed by atoms with Gasteiger partial charge in [-0.1, -0.05) is 54.1 Å². The number of aliphatic carboxylic acids is 1. The molecule has 2 N–H and O–H groups in total. The van der Waals surface area contributed by atoms with E-state index in [2.05, 4.69) is 10.3 Å². The predicted molar refractivity (Wildman–Crippen MR) is 114 cm³/mol. The summed E-state index contributed by atoms with van der Waals surface area (Å²) >= 11 is 6.07. The molecular formula is C22H22ClN3O4. The molecule has 1 heterocycles. The number of urea groups is 2. The number of carboxylic acid groups (broad SMARTS) is 1. The second kappa shape index (κ2) is 9.54. The van der Waals surface area contributed by atoms with Crippen LogP contribution >= 0.6 is 11.6 Å². The van der Waals surface area contributed by atoms with Gasteiger partial charge in [-0.15, -0.1) is 0 Å². The number of halogens is 1. The summed E-state index contributed by atoms with van der Waals surface area (Å²) in [5, 5.41) is 12.8. The molecule has 0 spiro atoms. The van der Waals surface area contributed by atoms with Crippen molar-refractivity contribution in [3.05, 3.63) is 70.7 Å². The molecule has 0 radical (unpaired) electrons. The second-order valence-electron chi connectivity index (χ2n) is 7.04. The summed E-state index contributed by atoms with van der Waals surface area (Å²) in [5.41, 5.74) is 1.74. The lowest BCUT2D eigenvalue weighted by Gasteiger charge is -2.36. The third-order valence-corrected chi connectivity index (χ3v) is 5.19. The minimum atomic E-state index is -1.17. The minimum absolute atomic E-state index is 0.144. The first-order chi connectivity index (χ1) is 14.4. The van der Waals surface area contributed by atoms with E-state index in [9.17, 15) is 19.5 Å². The lowest BCUT2D eigenvalue weighted by Crippen LogP contribution is -2.52. The third-order valence-electron chi connectivity index (χ3n) is 4.96. The number of carbonyl (C=O) groups is 3. The molecule has 2 aromatic carbocycles. The van der Waals surface area contributed by atoms with Crippen molar-refractivity contribution in [3.8, 4) is 0 Å². The van der Waals surface area contributed by atoms with Gasteiger partial charge in [-0.25, -0.2) is 19.5 Å². The van der Waals surface area contributed by atoms with Gasteiger partial charge in [0.25, 0.3) is 0 Å². The Morgan fingerprint density at radius 1 is 1.17 bits per heavy atom. The van der Waals surface area contributed by atoms with E-state index < -0.39 is 30.0 Å². The maximum Gasteiger partial charge on any atom is 0.352 e. The first kappa shape index (κ1) is 21.5. The van der Waals surface area contributed by atoms with Gasteiger partial charge in [-0.05, 0) is 43.0 Å². The highest BCUT2D eigenvalue weighted by molar-refractivity contribution is 6.30. The van der Waals surface area contributed by atoms with Crippen LogP contribution in [0.4, 0.5) is 9.59 Å². The van der Waals surface area contributed by atoms with E-state index in [1.165, 1.54) is 6.92 Å². The quantitative estimate of drug-likeness (QED) is 0.670. The van der Waals surface area contributed by atoms with Crippen LogP contribution in [0.25, 0.3) is 0 Å². The second-order valence-corrected chi connectivity index (χ2v) is 7.48. The van der Waals surface area contributed by atoms with Crippen LogP contribution in [0, 0.1) is 5.92 Å². The number of aliphatic imine (C=N–C) groups is 1. The van der Waals surface area contributed by atoms with Crippen molar-refractivity contribution in [2.75, 3.05) is 6.54 Å². The molecule has 8 heteroatoms.